The van der Waals surface area contributed by atoms with Crippen molar-refractivity contribution < 1.29 is 8.63 Å². The summed E-state index contributed by atoms with van der Waals surface area (Å²) in [7, 11) is -2.56. The van der Waals surface area contributed by atoms with Crippen LogP contribution < -0.4 is 0 Å². The Bertz CT molecular complexity index is 342. The predicted molar refractivity (Wildman–Crippen MR) is 86.1 cm³/mol. The molecule has 18 heavy (non-hydrogen) atoms. The maximum absolute atomic E-state index is 12.5. The molecule has 0 aromatic rings. The third kappa shape index (κ3) is 2.48. The smallest absolute Gasteiger partial charge is 0.184 e. The summed E-state index contributed by atoms with van der Waals surface area (Å²) in [4.78, 5) is 0. The van der Waals surface area contributed by atoms with Crippen molar-refractivity contribution in [2.24, 2.45) is 11.8 Å². The molecule has 0 N–H and O–H groups in total. The minimum Gasteiger partial charge on any atom is -0.410 e. The van der Waals surface area contributed by atoms with Crippen LogP contribution in [0.15, 0.2) is 0 Å². The van der Waals surface area contributed by atoms with Gasteiger partial charge in [0.05, 0.1) is 5.60 Å². The van der Waals surface area contributed by atoms with E-state index in [1.807, 2.05) is 6.26 Å². The van der Waals surface area contributed by atoms with Crippen molar-refractivity contribution in [3.8, 4) is 0 Å². The molecule has 0 amide bonds. The van der Waals surface area contributed by atoms with Crippen LogP contribution in [0.2, 0.25) is 19.6 Å². The number of hydrogen-bond donors (Lipinski definition) is 0. The minimum absolute atomic E-state index is 0.271. The molecule has 0 aliphatic heterocycles. The number of hydrogen-bond acceptors (Lipinski definition) is 3. The van der Waals surface area contributed by atoms with E-state index in [4.69, 9.17) is 4.43 Å². The third-order valence-electron chi connectivity index (χ3n) is 4.24. The second-order valence-electron chi connectivity index (χ2n) is 6.69. The molecule has 5 heteroatoms. The van der Waals surface area contributed by atoms with Crippen molar-refractivity contribution in [3.63, 3.8) is 0 Å². The van der Waals surface area contributed by atoms with E-state index in [9.17, 15) is 4.21 Å². The van der Waals surface area contributed by atoms with E-state index >= 15 is 0 Å². The van der Waals surface area contributed by atoms with Gasteiger partial charge in [0.2, 0.25) is 0 Å². The van der Waals surface area contributed by atoms with E-state index in [1.54, 1.807) is 11.8 Å². The van der Waals surface area contributed by atoms with Gasteiger partial charge in [0.25, 0.3) is 0 Å². The van der Waals surface area contributed by atoms with Crippen LogP contribution in [0.4, 0.5) is 0 Å². The second-order valence-corrected chi connectivity index (χ2v) is 14.0. The molecular formula is C13H28O2S2Si. The normalized spacial score (nSPS) is 43.1. The number of thioether (sulfide) groups is 1. The van der Waals surface area contributed by atoms with Gasteiger partial charge in [-0.25, -0.2) is 0 Å². The zero-order valence-corrected chi connectivity index (χ0v) is 15.6. The van der Waals surface area contributed by atoms with Crippen LogP contribution in [-0.4, -0.2) is 34.7 Å². The van der Waals surface area contributed by atoms with Gasteiger partial charge in [-0.15, -0.1) is 11.8 Å². The van der Waals surface area contributed by atoms with Crippen LogP contribution in [0.3, 0.4) is 0 Å². The van der Waals surface area contributed by atoms with Crippen molar-refractivity contribution in [1.29, 1.82) is 0 Å². The Balaban J connectivity index is 3.31. The summed E-state index contributed by atoms with van der Waals surface area (Å²) in [5, 5.41) is 0. The second kappa shape index (κ2) is 5.22. The first-order valence-electron chi connectivity index (χ1n) is 6.60. The average molecular weight is 309 g/mol. The molecule has 0 radical (unpaired) electrons. The molecule has 5 atom stereocenters. The average Bonchev–Trinajstić information content (AvgIpc) is 2.32. The lowest BCUT2D eigenvalue weighted by atomic mass is 9.94. The molecule has 1 aliphatic carbocycles. The van der Waals surface area contributed by atoms with E-state index in [0.29, 0.717) is 11.8 Å². The highest BCUT2D eigenvalue weighted by Gasteiger charge is 2.63. The monoisotopic (exact) mass is 308 g/mol. The van der Waals surface area contributed by atoms with Crippen LogP contribution in [0.1, 0.15) is 27.2 Å². The van der Waals surface area contributed by atoms with Crippen LogP contribution in [0, 0.1) is 11.8 Å². The molecule has 0 saturated heterocycles. The van der Waals surface area contributed by atoms with Crippen LogP contribution >= 0.6 is 11.8 Å². The minimum atomic E-state index is -1.66. The molecule has 108 valence electrons. The molecule has 1 saturated carbocycles. The highest BCUT2D eigenvalue weighted by molar-refractivity contribution is 8.12. The van der Waals surface area contributed by atoms with E-state index in [0.717, 1.165) is 6.42 Å². The molecule has 1 rings (SSSR count). The summed E-state index contributed by atoms with van der Waals surface area (Å²) in [6.07, 6.45) is 5.03. The first-order valence-corrected chi connectivity index (χ1v) is 12.8. The van der Waals surface area contributed by atoms with Gasteiger partial charge in [0.1, 0.15) is 4.08 Å². The highest BCUT2D eigenvalue weighted by Crippen LogP contribution is 2.58. The van der Waals surface area contributed by atoms with Gasteiger partial charge in [0.15, 0.2) is 8.32 Å². The lowest BCUT2D eigenvalue weighted by Crippen LogP contribution is -2.58. The number of rotatable bonds is 4. The molecule has 1 aliphatic rings. The SMILES string of the molecule is CSC1(S(C)=O)C(C)CC(C)C1(C)O[Si](C)(C)C. The van der Waals surface area contributed by atoms with Gasteiger partial charge in [-0.3, -0.25) is 4.21 Å². The summed E-state index contributed by atoms with van der Waals surface area (Å²) in [6, 6.07) is 0. The van der Waals surface area contributed by atoms with Crippen LogP contribution in [0.5, 0.6) is 0 Å². The summed E-state index contributed by atoms with van der Waals surface area (Å²) < 4.78 is 18.8. The van der Waals surface area contributed by atoms with E-state index < -0.39 is 19.1 Å². The van der Waals surface area contributed by atoms with Crippen molar-refractivity contribution in [2.45, 2.75) is 56.5 Å². The first-order chi connectivity index (χ1) is 8.01. The highest BCUT2D eigenvalue weighted by atomic mass is 32.2. The Morgan fingerprint density at radius 1 is 1.28 bits per heavy atom. The zero-order valence-electron chi connectivity index (χ0n) is 13.0. The van der Waals surface area contributed by atoms with Gasteiger partial charge in [-0.1, -0.05) is 13.8 Å². The topological polar surface area (TPSA) is 26.3 Å². The fourth-order valence-corrected chi connectivity index (χ4v) is 8.99. The fourth-order valence-electron chi connectivity index (χ4n) is 3.64. The molecule has 5 unspecified atom stereocenters. The Hall–Kier alpha value is 0.677. The van der Waals surface area contributed by atoms with Crippen molar-refractivity contribution in [1.82, 2.24) is 0 Å². The van der Waals surface area contributed by atoms with Crippen LogP contribution in [0.25, 0.3) is 0 Å². The third-order valence-corrected chi connectivity index (χ3v) is 9.55. The maximum Gasteiger partial charge on any atom is 0.184 e. The van der Waals surface area contributed by atoms with Gasteiger partial charge < -0.3 is 4.43 Å². The lowest BCUT2D eigenvalue weighted by Gasteiger charge is -2.48. The molecule has 0 aromatic carbocycles. The van der Waals surface area contributed by atoms with Crippen molar-refractivity contribution in [3.05, 3.63) is 0 Å². The molecular weight excluding hydrogens is 280 g/mol. The van der Waals surface area contributed by atoms with Gasteiger partial charge in [0, 0.05) is 17.1 Å². The summed E-state index contributed by atoms with van der Waals surface area (Å²) in [5.74, 6) is 0.880. The van der Waals surface area contributed by atoms with Crippen molar-refractivity contribution in [2.75, 3.05) is 12.5 Å². The fraction of sp³-hybridized carbons (Fsp3) is 1.00. The summed E-state index contributed by atoms with van der Waals surface area (Å²) in [6.45, 7) is 13.3. The Labute approximate surface area is 120 Å². The van der Waals surface area contributed by atoms with Crippen LogP contribution in [-0.2, 0) is 15.2 Å². The molecule has 0 aromatic heterocycles. The lowest BCUT2D eigenvalue weighted by molar-refractivity contribution is 0.0416. The van der Waals surface area contributed by atoms with E-state index in [-0.39, 0.29) is 9.68 Å². The predicted octanol–water partition coefficient (Wildman–Crippen LogP) is 3.71. The first kappa shape index (κ1) is 16.7. The molecule has 0 spiro atoms. The Kier molecular flexibility index (Phi) is 4.86. The zero-order chi connectivity index (χ0) is 14.4. The van der Waals surface area contributed by atoms with Gasteiger partial charge in [-0.2, -0.15) is 0 Å². The molecule has 2 nitrogen and oxygen atoms in total. The Morgan fingerprint density at radius 3 is 2.11 bits per heavy atom. The maximum atomic E-state index is 12.5. The van der Waals surface area contributed by atoms with E-state index in [2.05, 4.69) is 46.7 Å². The molecule has 1 fully saturated rings. The molecule has 0 heterocycles. The van der Waals surface area contributed by atoms with Gasteiger partial charge >= 0.3 is 0 Å². The summed E-state index contributed by atoms with van der Waals surface area (Å²) >= 11 is 1.74. The molecule has 0 bridgehead atoms. The quantitative estimate of drug-likeness (QED) is 0.741. The largest absolute Gasteiger partial charge is 0.410 e. The standard InChI is InChI=1S/C13H28O2S2Si/c1-10-9-11(2)13(16-4,17(5)14)12(10,3)15-18(6,7)8/h10-11H,9H2,1-8H3. The summed E-state index contributed by atoms with van der Waals surface area (Å²) in [5.41, 5.74) is -0.282. The van der Waals surface area contributed by atoms with Gasteiger partial charge in [-0.05, 0) is 51.1 Å². The Morgan fingerprint density at radius 2 is 1.78 bits per heavy atom. The van der Waals surface area contributed by atoms with Crippen molar-refractivity contribution >= 4 is 30.9 Å². The van der Waals surface area contributed by atoms with E-state index in [1.165, 1.54) is 0 Å².